The van der Waals surface area contributed by atoms with Gasteiger partial charge in [0.25, 0.3) is 5.91 Å². The minimum Gasteiger partial charge on any atom is -0.496 e. The molecule has 0 aliphatic carbocycles. The van der Waals surface area contributed by atoms with Crippen molar-refractivity contribution in [2.24, 2.45) is 0 Å². The van der Waals surface area contributed by atoms with Crippen LogP contribution in [0.3, 0.4) is 0 Å². The van der Waals surface area contributed by atoms with E-state index in [9.17, 15) is 9.59 Å². The van der Waals surface area contributed by atoms with Gasteiger partial charge in [-0.15, -0.1) is 0 Å². The molecule has 0 saturated carbocycles. The number of methoxy groups -OCH3 is 1. The van der Waals surface area contributed by atoms with Crippen molar-refractivity contribution in [3.05, 3.63) is 59.2 Å². The number of benzene rings is 2. The van der Waals surface area contributed by atoms with Crippen molar-refractivity contribution in [2.75, 3.05) is 44.8 Å². The van der Waals surface area contributed by atoms with Gasteiger partial charge in [0.15, 0.2) is 6.61 Å². The van der Waals surface area contributed by atoms with Gasteiger partial charge in [-0.1, -0.05) is 24.3 Å². The van der Waals surface area contributed by atoms with Gasteiger partial charge < -0.3 is 19.3 Å². The summed E-state index contributed by atoms with van der Waals surface area (Å²) in [5.74, 6) is -0.300. The van der Waals surface area contributed by atoms with Crippen molar-refractivity contribution >= 4 is 17.6 Å². The maximum Gasteiger partial charge on any atom is 0.342 e. The summed E-state index contributed by atoms with van der Waals surface area (Å²) in [5.41, 5.74) is 4.07. The number of anilines is 1. The second-order valence-electron chi connectivity index (χ2n) is 6.86. The molecule has 0 N–H and O–H groups in total. The van der Waals surface area contributed by atoms with E-state index in [1.165, 1.54) is 23.9 Å². The van der Waals surface area contributed by atoms with Crippen LogP contribution in [0.15, 0.2) is 42.5 Å². The number of rotatable bonds is 5. The minimum absolute atomic E-state index is 0.177. The Labute approximate surface area is 165 Å². The molecule has 1 amide bonds. The third-order valence-corrected chi connectivity index (χ3v) is 5.20. The van der Waals surface area contributed by atoms with Crippen LogP contribution in [0.4, 0.5) is 5.69 Å². The summed E-state index contributed by atoms with van der Waals surface area (Å²) in [7, 11) is 1.49. The quantitative estimate of drug-likeness (QED) is 0.745. The van der Waals surface area contributed by atoms with Crippen LogP contribution in [0.1, 0.15) is 21.5 Å². The molecule has 0 unspecified atom stereocenters. The van der Waals surface area contributed by atoms with Crippen LogP contribution in [0.5, 0.6) is 5.75 Å². The number of hydrogen-bond acceptors (Lipinski definition) is 5. The van der Waals surface area contributed by atoms with E-state index in [4.69, 9.17) is 9.47 Å². The van der Waals surface area contributed by atoms with Crippen LogP contribution in [0, 0.1) is 13.8 Å². The number of nitrogens with zero attached hydrogens (tertiary/aromatic N) is 2. The normalized spacial score (nSPS) is 14.0. The van der Waals surface area contributed by atoms with Crippen LogP contribution in [-0.4, -0.2) is 56.7 Å². The first-order valence-corrected chi connectivity index (χ1v) is 9.40. The van der Waals surface area contributed by atoms with Gasteiger partial charge in [0.05, 0.1) is 7.11 Å². The fraction of sp³-hybridized carbons (Fsp3) is 0.364. The number of carbonyl (C=O) groups is 2. The highest BCUT2D eigenvalue weighted by Crippen LogP contribution is 2.24. The Morgan fingerprint density at radius 1 is 0.964 bits per heavy atom. The molecule has 1 heterocycles. The summed E-state index contributed by atoms with van der Waals surface area (Å²) in [4.78, 5) is 28.7. The largest absolute Gasteiger partial charge is 0.496 e. The predicted molar refractivity (Wildman–Crippen MR) is 108 cm³/mol. The number of carbonyl (C=O) groups excluding carboxylic acids is 2. The SMILES string of the molecule is COc1ccccc1C(=O)OCC(=O)N1CCN(c2cccc(C)c2C)CC1. The Morgan fingerprint density at radius 3 is 2.39 bits per heavy atom. The molecule has 0 spiro atoms. The summed E-state index contributed by atoms with van der Waals surface area (Å²) in [6.07, 6.45) is 0. The van der Waals surface area contributed by atoms with Gasteiger partial charge in [-0.05, 0) is 43.2 Å². The second-order valence-corrected chi connectivity index (χ2v) is 6.86. The first kappa shape index (κ1) is 19.7. The maximum absolute atomic E-state index is 12.5. The van der Waals surface area contributed by atoms with Crippen LogP contribution in [0.25, 0.3) is 0 Å². The van der Waals surface area contributed by atoms with Crippen molar-refractivity contribution in [1.82, 2.24) is 4.90 Å². The summed E-state index contributed by atoms with van der Waals surface area (Å²) in [6.45, 7) is 6.71. The third-order valence-electron chi connectivity index (χ3n) is 5.20. The molecule has 6 nitrogen and oxygen atoms in total. The lowest BCUT2D eigenvalue weighted by Crippen LogP contribution is -2.50. The molecule has 6 heteroatoms. The van der Waals surface area contributed by atoms with Crippen LogP contribution in [0.2, 0.25) is 0 Å². The molecule has 28 heavy (non-hydrogen) atoms. The van der Waals surface area contributed by atoms with E-state index in [0.717, 1.165) is 13.1 Å². The molecule has 148 valence electrons. The van der Waals surface area contributed by atoms with Crippen molar-refractivity contribution < 1.29 is 19.1 Å². The van der Waals surface area contributed by atoms with Gasteiger partial charge in [0.2, 0.25) is 0 Å². The standard InChI is InChI=1S/C22H26N2O4/c1-16-7-6-9-19(17(16)2)23-11-13-24(14-12-23)21(25)15-28-22(26)18-8-4-5-10-20(18)27-3/h4-10H,11-15H2,1-3H3. The van der Waals surface area contributed by atoms with E-state index in [0.29, 0.717) is 24.4 Å². The Bertz CT molecular complexity index is 857. The van der Waals surface area contributed by atoms with Gasteiger partial charge in [0.1, 0.15) is 11.3 Å². The Kier molecular flexibility index (Phi) is 6.19. The molecular formula is C22H26N2O4. The highest BCUT2D eigenvalue weighted by atomic mass is 16.5. The zero-order valence-electron chi connectivity index (χ0n) is 16.6. The van der Waals surface area contributed by atoms with Crippen LogP contribution < -0.4 is 9.64 Å². The lowest BCUT2D eigenvalue weighted by atomic mass is 10.1. The molecular weight excluding hydrogens is 356 g/mol. The molecule has 1 saturated heterocycles. The molecule has 0 radical (unpaired) electrons. The average molecular weight is 382 g/mol. The molecule has 1 aliphatic rings. The van der Waals surface area contributed by atoms with Crippen molar-refractivity contribution in [3.63, 3.8) is 0 Å². The lowest BCUT2D eigenvalue weighted by Gasteiger charge is -2.37. The zero-order chi connectivity index (χ0) is 20.1. The lowest BCUT2D eigenvalue weighted by molar-refractivity contribution is -0.134. The molecule has 2 aromatic rings. The number of esters is 1. The number of hydrogen-bond donors (Lipinski definition) is 0. The highest BCUT2D eigenvalue weighted by molar-refractivity contribution is 5.94. The first-order chi connectivity index (χ1) is 13.5. The second kappa shape index (κ2) is 8.78. The summed E-state index contributed by atoms with van der Waals surface area (Å²) in [6, 6.07) is 13.1. The van der Waals surface area contributed by atoms with Crippen molar-refractivity contribution in [1.29, 1.82) is 0 Å². The number of ether oxygens (including phenoxy) is 2. The van der Waals surface area contributed by atoms with E-state index in [1.807, 2.05) is 0 Å². The Hall–Kier alpha value is -3.02. The van der Waals surface area contributed by atoms with Crippen LogP contribution >= 0.6 is 0 Å². The van der Waals surface area contributed by atoms with Gasteiger partial charge in [0, 0.05) is 31.9 Å². The molecule has 2 aromatic carbocycles. The Morgan fingerprint density at radius 2 is 1.68 bits per heavy atom. The molecule has 0 aromatic heterocycles. The number of aryl methyl sites for hydroxylation is 1. The van der Waals surface area contributed by atoms with E-state index in [-0.39, 0.29) is 12.5 Å². The zero-order valence-corrected chi connectivity index (χ0v) is 16.6. The van der Waals surface area contributed by atoms with Gasteiger partial charge in [-0.25, -0.2) is 4.79 Å². The third kappa shape index (κ3) is 4.27. The highest BCUT2D eigenvalue weighted by Gasteiger charge is 2.23. The minimum atomic E-state index is -0.556. The summed E-state index contributed by atoms with van der Waals surface area (Å²) >= 11 is 0. The van der Waals surface area contributed by atoms with E-state index in [2.05, 4.69) is 36.9 Å². The van der Waals surface area contributed by atoms with Gasteiger partial charge in [-0.3, -0.25) is 4.79 Å². The predicted octanol–water partition coefficient (Wildman–Crippen LogP) is 2.82. The number of para-hydroxylation sites is 1. The van der Waals surface area contributed by atoms with Gasteiger partial charge in [-0.2, -0.15) is 0 Å². The molecule has 0 bridgehead atoms. The molecule has 3 rings (SSSR count). The van der Waals surface area contributed by atoms with Crippen LogP contribution in [-0.2, 0) is 9.53 Å². The number of amides is 1. The molecule has 1 fully saturated rings. The van der Waals surface area contributed by atoms with E-state index < -0.39 is 5.97 Å². The van der Waals surface area contributed by atoms with E-state index >= 15 is 0 Å². The smallest absolute Gasteiger partial charge is 0.342 e. The topological polar surface area (TPSA) is 59.1 Å². The molecule has 1 aliphatic heterocycles. The molecule has 0 atom stereocenters. The van der Waals surface area contributed by atoms with Crippen molar-refractivity contribution in [2.45, 2.75) is 13.8 Å². The van der Waals surface area contributed by atoms with Crippen molar-refractivity contribution in [3.8, 4) is 5.75 Å². The maximum atomic E-state index is 12.5. The average Bonchev–Trinajstić information content (AvgIpc) is 2.73. The fourth-order valence-corrected chi connectivity index (χ4v) is 3.38. The summed E-state index contributed by atoms with van der Waals surface area (Å²) < 4.78 is 10.4. The summed E-state index contributed by atoms with van der Waals surface area (Å²) in [5, 5.41) is 0. The monoisotopic (exact) mass is 382 g/mol. The first-order valence-electron chi connectivity index (χ1n) is 9.40. The van der Waals surface area contributed by atoms with E-state index in [1.54, 1.807) is 29.2 Å². The Balaban J connectivity index is 1.53. The fourth-order valence-electron chi connectivity index (χ4n) is 3.38. The number of piperazine rings is 1. The van der Waals surface area contributed by atoms with Gasteiger partial charge >= 0.3 is 5.97 Å².